The van der Waals surface area contributed by atoms with Crippen molar-refractivity contribution in [3.8, 4) is 11.9 Å². The van der Waals surface area contributed by atoms with Crippen molar-refractivity contribution in [2.45, 2.75) is 18.9 Å². The number of nitroso groups, excluding NO2 is 1. The van der Waals surface area contributed by atoms with Crippen molar-refractivity contribution < 1.29 is 4.74 Å². The van der Waals surface area contributed by atoms with Crippen molar-refractivity contribution >= 4 is 28.4 Å². The van der Waals surface area contributed by atoms with E-state index in [0.717, 1.165) is 36.1 Å². The van der Waals surface area contributed by atoms with E-state index < -0.39 is 0 Å². The fourth-order valence-electron chi connectivity index (χ4n) is 3.74. The summed E-state index contributed by atoms with van der Waals surface area (Å²) in [5.74, 6) is 1.51. The number of fused-ring (bicyclic) bond motifs is 1. The van der Waals surface area contributed by atoms with Gasteiger partial charge in [-0.3, -0.25) is 4.68 Å². The molecule has 0 unspecified atom stereocenters. The second-order valence-corrected chi connectivity index (χ2v) is 6.87. The molecule has 3 heterocycles. The first-order valence-electron chi connectivity index (χ1n) is 9.26. The second-order valence-electron chi connectivity index (χ2n) is 6.87. The summed E-state index contributed by atoms with van der Waals surface area (Å²) in [7, 11) is 3.29. The van der Waals surface area contributed by atoms with Gasteiger partial charge >= 0.3 is 0 Å². The summed E-state index contributed by atoms with van der Waals surface area (Å²) < 4.78 is 6.86. The molecule has 0 radical (unpaired) electrons. The molecule has 3 aromatic rings. The number of piperidine rings is 1. The van der Waals surface area contributed by atoms with Gasteiger partial charge in [-0.2, -0.15) is 15.3 Å². The highest BCUT2D eigenvalue weighted by Gasteiger charge is 2.25. The van der Waals surface area contributed by atoms with E-state index in [1.54, 1.807) is 10.7 Å². The zero-order valence-electron chi connectivity index (χ0n) is 16.2. The number of benzene rings is 1. The van der Waals surface area contributed by atoms with Crippen LogP contribution in [0.15, 0.2) is 29.6 Å². The number of hydrogen-bond acceptors (Lipinski definition) is 9. The molecule has 2 aromatic heterocycles. The number of nitriles is 1. The minimum absolute atomic E-state index is 0.103. The Balaban J connectivity index is 1.57. The number of para-hydroxylation sites is 1. The first-order valence-corrected chi connectivity index (χ1v) is 9.26. The highest BCUT2D eigenvalue weighted by Crippen LogP contribution is 2.33. The summed E-state index contributed by atoms with van der Waals surface area (Å²) in [6.45, 7) is 1.57. The van der Waals surface area contributed by atoms with Crippen LogP contribution in [-0.4, -0.2) is 46.0 Å². The lowest BCUT2D eigenvalue weighted by molar-refractivity contribution is 0.395. The maximum atomic E-state index is 11.2. The number of nitrogens with zero attached hydrogens (tertiary/aromatic N) is 7. The van der Waals surface area contributed by atoms with E-state index in [0.29, 0.717) is 23.7 Å². The molecule has 10 heteroatoms. The fourth-order valence-corrected chi connectivity index (χ4v) is 3.74. The minimum atomic E-state index is 0.103. The number of methoxy groups -OCH3 is 1. The third-order valence-corrected chi connectivity index (χ3v) is 5.04. The third-order valence-electron chi connectivity index (χ3n) is 5.04. The Morgan fingerprint density at radius 3 is 3.03 bits per heavy atom. The van der Waals surface area contributed by atoms with Crippen LogP contribution in [0.1, 0.15) is 18.4 Å². The summed E-state index contributed by atoms with van der Waals surface area (Å²) in [6.07, 6.45) is 3.37. The molecular weight excluding hydrogens is 372 g/mol. The first kappa shape index (κ1) is 18.6. The van der Waals surface area contributed by atoms with Gasteiger partial charge in [-0.25, -0.2) is 4.98 Å². The number of aryl methyl sites for hydroxylation is 1. The van der Waals surface area contributed by atoms with Crippen molar-refractivity contribution in [3.05, 3.63) is 34.9 Å². The SMILES string of the molecule is COc1nc(N[C@@H]2CCCN(c3nn(C)c4c(N=O)cccc34)C2)ncc1C#N. The highest BCUT2D eigenvalue weighted by atomic mass is 16.5. The number of aromatic nitrogens is 4. The molecule has 4 rings (SSSR count). The predicted molar refractivity (Wildman–Crippen MR) is 108 cm³/mol. The number of nitrogens with one attached hydrogen (secondary N) is 1. The molecule has 0 bridgehead atoms. The van der Waals surface area contributed by atoms with E-state index in [-0.39, 0.29) is 11.9 Å². The molecule has 1 aliphatic rings. The van der Waals surface area contributed by atoms with Crippen LogP contribution in [0.5, 0.6) is 5.88 Å². The average Bonchev–Trinajstić information content (AvgIpc) is 3.10. The van der Waals surface area contributed by atoms with E-state index in [1.807, 2.05) is 25.2 Å². The number of ether oxygens (including phenoxy) is 1. The molecule has 1 aromatic carbocycles. The van der Waals surface area contributed by atoms with Gasteiger partial charge < -0.3 is 15.0 Å². The van der Waals surface area contributed by atoms with Crippen LogP contribution in [-0.2, 0) is 7.05 Å². The lowest BCUT2D eigenvalue weighted by atomic mass is 10.1. The van der Waals surface area contributed by atoms with Crippen molar-refractivity contribution in [2.75, 3.05) is 30.4 Å². The highest BCUT2D eigenvalue weighted by molar-refractivity contribution is 5.97. The quantitative estimate of drug-likeness (QED) is 0.658. The molecule has 0 saturated carbocycles. The van der Waals surface area contributed by atoms with Gasteiger partial charge in [0.05, 0.1) is 18.8 Å². The maximum Gasteiger partial charge on any atom is 0.236 e. The van der Waals surface area contributed by atoms with Gasteiger partial charge in [-0.1, -0.05) is 6.07 Å². The van der Waals surface area contributed by atoms with Crippen LogP contribution >= 0.6 is 0 Å². The van der Waals surface area contributed by atoms with Gasteiger partial charge in [0.1, 0.15) is 17.3 Å². The van der Waals surface area contributed by atoms with Crippen molar-refractivity contribution in [1.29, 1.82) is 5.26 Å². The van der Waals surface area contributed by atoms with E-state index in [1.165, 1.54) is 13.3 Å². The lowest BCUT2D eigenvalue weighted by Crippen LogP contribution is -2.42. The molecule has 0 amide bonds. The van der Waals surface area contributed by atoms with Gasteiger partial charge in [0, 0.05) is 31.6 Å². The molecule has 0 spiro atoms. The second kappa shape index (κ2) is 7.71. The van der Waals surface area contributed by atoms with Crippen LogP contribution in [0.4, 0.5) is 17.5 Å². The molecule has 10 nitrogen and oxygen atoms in total. The molecule has 1 N–H and O–H groups in total. The van der Waals surface area contributed by atoms with E-state index in [4.69, 9.17) is 10.00 Å². The maximum absolute atomic E-state index is 11.2. The number of hydrogen-bond donors (Lipinski definition) is 1. The lowest BCUT2D eigenvalue weighted by Gasteiger charge is -2.33. The van der Waals surface area contributed by atoms with Gasteiger partial charge in [0.15, 0.2) is 5.82 Å². The van der Waals surface area contributed by atoms with Crippen molar-refractivity contribution in [1.82, 2.24) is 19.7 Å². The zero-order valence-corrected chi connectivity index (χ0v) is 16.2. The Bertz CT molecular complexity index is 1100. The Labute approximate surface area is 167 Å². The van der Waals surface area contributed by atoms with Gasteiger partial charge in [0.2, 0.25) is 11.8 Å². The Morgan fingerprint density at radius 2 is 2.28 bits per heavy atom. The monoisotopic (exact) mass is 392 g/mol. The van der Waals surface area contributed by atoms with E-state index in [2.05, 4.69) is 30.5 Å². The average molecular weight is 392 g/mol. The summed E-state index contributed by atoms with van der Waals surface area (Å²) in [6, 6.07) is 7.58. The first-order chi connectivity index (χ1) is 14.1. The molecule has 1 saturated heterocycles. The fraction of sp³-hybridized carbons (Fsp3) is 0.368. The van der Waals surface area contributed by atoms with Crippen molar-refractivity contribution in [2.24, 2.45) is 12.2 Å². The van der Waals surface area contributed by atoms with Crippen LogP contribution in [0.25, 0.3) is 10.9 Å². The summed E-state index contributed by atoms with van der Waals surface area (Å²) >= 11 is 0. The van der Waals surface area contributed by atoms with Crippen LogP contribution in [0.2, 0.25) is 0 Å². The minimum Gasteiger partial charge on any atom is -0.480 e. The molecular formula is C19H20N8O2. The topological polar surface area (TPSA) is 121 Å². The van der Waals surface area contributed by atoms with Crippen molar-refractivity contribution in [3.63, 3.8) is 0 Å². The van der Waals surface area contributed by atoms with E-state index >= 15 is 0 Å². The normalized spacial score (nSPS) is 16.4. The Kier molecular flexibility index (Phi) is 4.95. The molecule has 1 aliphatic heterocycles. The summed E-state index contributed by atoms with van der Waals surface area (Å²) in [5.41, 5.74) is 1.41. The van der Waals surface area contributed by atoms with Crippen LogP contribution in [0, 0.1) is 16.2 Å². The number of rotatable bonds is 5. The van der Waals surface area contributed by atoms with Crippen LogP contribution < -0.4 is 15.0 Å². The molecule has 0 aliphatic carbocycles. The molecule has 1 fully saturated rings. The Hall–Kier alpha value is -3.74. The third kappa shape index (κ3) is 3.42. The molecule has 29 heavy (non-hydrogen) atoms. The van der Waals surface area contributed by atoms with Gasteiger partial charge in [0.25, 0.3) is 0 Å². The molecule has 1 atom stereocenters. The predicted octanol–water partition coefficient (Wildman–Crippen LogP) is 2.72. The molecule has 148 valence electrons. The smallest absolute Gasteiger partial charge is 0.236 e. The van der Waals surface area contributed by atoms with Gasteiger partial charge in [-0.15, -0.1) is 4.91 Å². The standard InChI is InChI=1S/C19H20N8O2/c1-26-16-14(6-3-7-15(16)25-28)17(24-26)27-8-4-5-13(11-27)22-19-21-10-12(9-20)18(23-19)29-2/h3,6-7,10,13H,4-5,8,11H2,1-2H3,(H,21,22,23)/t13-/m1/s1. The largest absolute Gasteiger partial charge is 0.480 e. The summed E-state index contributed by atoms with van der Waals surface area (Å²) in [5, 5.41) is 21.1. The zero-order chi connectivity index (χ0) is 20.4. The van der Waals surface area contributed by atoms with Gasteiger partial charge in [-0.05, 0) is 30.2 Å². The number of anilines is 2. The summed E-state index contributed by atoms with van der Waals surface area (Å²) in [4.78, 5) is 21.8. The van der Waals surface area contributed by atoms with E-state index in [9.17, 15) is 4.91 Å². The van der Waals surface area contributed by atoms with Crippen LogP contribution in [0.3, 0.4) is 0 Å². The Morgan fingerprint density at radius 1 is 1.41 bits per heavy atom.